The van der Waals surface area contributed by atoms with Gasteiger partial charge in [-0.1, -0.05) is 42.0 Å². The summed E-state index contributed by atoms with van der Waals surface area (Å²) in [6, 6.07) is 13.8. The van der Waals surface area contributed by atoms with Crippen molar-refractivity contribution in [1.29, 1.82) is 0 Å². The molecular formula is C27H33FN4O3. The lowest BCUT2D eigenvalue weighted by molar-refractivity contribution is -0.139. The first-order valence-electron chi connectivity index (χ1n) is 12.2. The Bertz CT molecular complexity index is 1110. The van der Waals surface area contributed by atoms with Crippen LogP contribution in [0.25, 0.3) is 0 Å². The second-order valence-corrected chi connectivity index (χ2v) is 8.84. The van der Waals surface area contributed by atoms with E-state index in [-0.39, 0.29) is 18.5 Å². The van der Waals surface area contributed by atoms with Crippen LogP contribution in [-0.4, -0.2) is 67.7 Å². The molecule has 2 aromatic rings. The van der Waals surface area contributed by atoms with E-state index in [1.165, 1.54) is 6.07 Å². The Hall–Kier alpha value is -3.39. The minimum atomic E-state index is -0.584. The van der Waals surface area contributed by atoms with Gasteiger partial charge in [0.2, 0.25) is 0 Å². The summed E-state index contributed by atoms with van der Waals surface area (Å²) in [5.74, 6) is -0.646. The maximum absolute atomic E-state index is 14.3. The van der Waals surface area contributed by atoms with Crippen LogP contribution in [0.2, 0.25) is 0 Å². The largest absolute Gasteiger partial charge is 0.463 e. The monoisotopic (exact) mass is 480 g/mol. The fourth-order valence-corrected chi connectivity index (χ4v) is 4.82. The van der Waals surface area contributed by atoms with Crippen LogP contribution in [0.4, 0.5) is 14.9 Å². The molecule has 2 amide bonds. The highest BCUT2D eigenvalue weighted by Gasteiger charge is 2.38. The molecule has 0 aliphatic carbocycles. The highest BCUT2D eigenvalue weighted by atomic mass is 19.1. The van der Waals surface area contributed by atoms with Gasteiger partial charge in [0.1, 0.15) is 5.82 Å². The zero-order valence-corrected chi connectivity index (χ0v) is 20.6. The number of esters is 1. The summed E-state index contributed by atoms with van der Waals surface area (Å²) >= 11 is 0. The molecule has 0 radical (unpaired) electrons. The zero-order valence-electron chi connectivity index (χ0n) is 20.6. The van der Waals surface area contributed by atoms with Crippen LogP contribution in [0.15, 0.2) is 59.8 Å². The molecule has 0 unspecified atom stereocenters. The van der Waals surface area contributed by atoms with Crippen molar-refractivity contribution in [3.8, 4) is 0 Å². The Kier molecular flexibility index (Phi) is 7.70. The lowest BCUT2D eigenvalue weighted by Crippen LogP contribution is -2.53. The molecule has 186 valence electrons. The van der Waals surface area contributed by atoms with E-state index in [1.807, 2.05) is 49.1 Å². The van der Waals surface area contributed by atoms with E-state index in [0.717, 1.165) is 11.1 Å². The molecule has 0 spiro atoms. The second kappa shape index (κ2) is 10.9. The van der Waals surface area contributed by atoms with Crippen molar-refractivity contribution in [2.24, 2.45) is 0 Å². The Morgan fingerprint density at radius 1 is 1.09 bits per heavy atom. The fraction of sp³-hybridized carbons (Fsp3) is 0.407. The van der Waals surface area contributed by atoms with Gasteiger partial charge in [0.25, 0.3) is 0 Å². The SMILES string of the molecule is CCOC(=O)C1=C(CN2CCN(c3ccccc3F)CC2)N(CC)C(=O)N[C@H]1c1cccc(C)c1. The predicted octanol–water partition coefficient (Wildman–Crippen LogP) is 3.86. The van der Waals surface area contributed by atoms with Gasteiger partial charge in [-0.25, -0.2) is 14.0 Å². The van der Waals surface area contributed by atoms with Gasteiger partial charge in [-0.05, 0) is 38.5 Å². The smallest absolute Gasteiger partial charge is 0.338 e. The topological polar surface area (TPSA) is 65.1 Å². The van der Waals surface area contributed by atoms with Gasteiger partial charge >= 0.3 is 12.0 Å². The molecular weight excluding hydrogens is 447 g/mol. The van der Waals surface area contributed by atoms with Crippen molar-refractivity contribution in [2.75, 3.05) is 50.8 Å². The van der Waals surface area contributed by atoms with Crippen LogP contribution in [0.1, 0.15) is 31.0 Å². The summed E-state index contributed by atoms with van der Waals surface area (Å²) in [7, 11) is 0. The number of carbonyl (C=O) groups is 2. The fourth-order valence-electron chi connectivity index (χ4n) is 4.82. The number of piperazine rings is 1. The summed E-state index contributed by atoms with van der Waals surface area (Å²) in [6.45, 7) is 9.44. The van der Waals surface area contributed by atoms with Gasteiger partial charge in [-0.15, -0.1) is 0 Å². The van der Waals surface area contributed by atoms with Gasteiger partial charge < -0.3 is 15.0 Å². The van der Waals surface area contributed by atoms with E-state index in [1.54, 1.807) is 24.0 Å². The van der Waals surface area contributed by atoms with Crippen molar-refractivity contribution in [3.63, 3.8) is 0 Å². The average molecular weight is 481 g/mol. The van der Waals surface area contributed by atoms with Crippen LogP contribution >= 0.6 is 0 Å². The summed E-state index contributed by atoms with van der Waals surface area (Å²) in [5.41, 5.74) is 3.63. The van der Waals surface area contributed by atoms with Crippen LogP contribution in [0.3, 0.4) is 0 Å². The Balaban J connectivity index is 1.64. The normalized spacial score (nSPS) is 19.1. The highest BCUT2D eigenvalue weighted by Crippen LogP contribution is 2.32. The number of benzene rings is 2. The Morgan fingerprint density at radius 3 is 2.49 bits per heavy atom. The van der Waals surface area contributed by atoms with Crippen molar-refractivity contribution in [1.82, 2.24) is 15.1 Å². The lowest BCUT2D eigenvalue weighted by atomic mass is 9.93. The average Bonchev–Trinajstić information content (AvgIpc) is 2.85. The Labute approximate surface area is 206 Å². The first-order valence-corrected chi connectivity index (χ1v) is 12.2. The molecule has 8 heteroatoms. The van der Waals surface area contributed by atoms with Gasteiger partial charge in [0.15, 0.2) is 0 Å². The molecule has 1 fully saturated rings. The molecule has 7 nitrogen and oxygen atoms in total. The number of aryl methyl sites for hydroxylation is 1. The zero-order chi connectivity index (χ0) is 24.9. The van der Waals surface area contributed by atoms with E-state index in [9.17, 15) is 14.0 Å². The number of amides is 2. The summed E-state index contributed by atoms with van der Waals surface area (Å²) in [4.78, 5) is 32.2. The number of rotatable bonds is 7. The molecule has 4 rings (SSSR count). The minimum absolute atomic E-state index is 0.227. The summed E-state index contributed by atoms with van der Waals surface area (Å²) in [6.07, 6.45) is 0. The number of hydrogen-bond acceptors (Lipinski definition) is 5. The van der Waals surface area contributed by atoms with E-state index in [0.29, 0.717) is 56.2 Å². The molecule has 2 aromatic carbocycles. The molecule has 35 heavy (non-hydrogen) atoms. The maximum atomic E-state index is 14.3. The maximum Gasteiger partial charge on any atom is 0.338 e. The number of nitrogens with one attached hydrogen (secondary N) is 1. The third-order valence-electron chi connectivity index (χ3n) is 6.56. The standard InChI is InChI=1S/C27H33FN4O3/c1-4-32-23(18-30-13-15-31(16-14-30)22-12-7-6-11-21(22)28)24(26(33)35-5-2)25(29-27(32)34)20-10-8-9-19(3)17-20/h6-12,17,25H,4-5,13-16,18H2,1-3H3,(H,29,34)/t25-/m0/s1. The van der Waals surface area contributed by atoms with Crippen molar-refractivity contribution < 1.29 is 18.7 Å². The summed E-state index contributed by atoms with van der Waals surface area (Å²) < 4.78 is 19.7. The number of hydrogen-bond donors (Lipinski definition) is 1. The van der Waals surface area contributed by atoms with Gasteiger partial charge in [0, 0.05) is 45.0 Å². The first kappa shape index (κ1) is 24.7. The lowest BCUT2D eigenvalue weighted by Gasteiger charge is -2.41. The van der Waals surface area contributed by atoms with E-state index >= 15 is 0 Å². The quantitative estimate of drug-likeness (QED) is 0.610. The highest BCUT2D eigenvalue weighted by molar-refractivity contribution is 5.95. The molecule has 0 saturated carbocycles. The van der Waals surface area contributed by atoms with Gasteiger partial charge in [-0.2, -0.15) is 0 Å². The van der Waals surface area contributed by atoms with Gasteiger partial charge in [0.05, 0.1) is 23.9 Å². The molecule has 0 aromatic heterocycles. The van der Waals surface area contributed by atoms with E-state index in [2.05, 4.69) is 10.2 Å². The molecule has 1 N–H and O–H groups in total. The first-order chi connectivity index (χ1) is 16.9. The molecule has 0 bridgehead atoms. The number of halogens is 1. The Morgan fingerprint density at radius 2 is 1.83 bits per heavy atom. The number of anilines is 1. The van der Waals surface area contributed by atoms with Crippen molar-refractivity contribution in [2.45, 2.75) is 26.8 Å². The number of likely N-dealkylation sites (N-methyl/N-ethyl adjacent to an activating group) is 1. The minimum Gasteiger partial charge on any atom is -0.463 e. The predicted molar refractivity (Wildman–Crippen MR) is 134 cm³/mol. The number of urea groups is 1. The van der Waals surface area contributed by atoms with Crippen LogP contribution in [0.5, 0.6) is 0 Å². The summed E-state index contributed by atoms with van der Waals surface area (Å²) in [5, 5.41) is 3.01. The van der Waals surface area contributed by atoms with Crippen LogP contribution in [0, 0.1) is 12.7 Å². The van der Waals surface area contributed by atoms with E-state index < -0.39 is 12.0 Å². The van der Waals surface area contributed by atoms with Crippen molar-refractivity contribution in [3.05, 3.63) is 76.7 Å². The third kappa shape index (κ3) is 5.32. The number of para-hydroxylation sites is 1. The molecule has 2 heterocycles. The number of nitrogens with zero attached hydrogens (tertiary/aromatic N) is 3. The molecule has 1 atom stereocenters. The van der Waals surface area contributed by atoms with Crippen molar-refractivity contribution >= 4 is 17.7 Å². The van der Waals surface area contributed by atoms with Gasteiger partial charge in [-0.3, -0.25) is 9.80 Å². The van der Waals surface area contributed by atoms with Crippen LogP contribution in [-0.2, 0) is 9.53 Å². The van der Waals surface area contributed by atoms with E-state index in [4.69, 9.17) is 4.74 Å². The second-order valence-electron chi connectivity index (χ2n) is 8.84. The third-order valence-corrected chi connectivity index (χ3v) is 6.56. The number of ether oxygens (including phenoxy) is 1. The van der Waals surface area contributed by atoms with Crippen LogP contribution < -0.4 is 10.2 Å². The molecule has 2 aliphatic rings. The molecule has 1 saturated heterocycles. The molecule has 2 aliphatic heterocycles. The number of carbonyl (C=O) groups excluding carboxylic acids is 2.